The van der Waals surface area contributed by atoms with Crippen molar-refractivity contribution in [3.05, 3.63) is 35.1 Å². The molecule has 0 radical (unpaired) electrons. The fraction of sp³-hybridized carbons (Fsp3) is 0.400. The van der Waals surface area contributed by atoms with Gasteiger partial charge in [0.05, 0.1) is 0 Å². The summed E-state index contributed by atoms with van der Waals surface area (Å²) in [7, 11) is 0. The summed E-state index contributed by atoms with van der Waals surface area (Å²) in [4.78, 5) is 0. The lowest BCUT2D eigenvalue weighted by atomic mass is 10.1. The number of hydrogen-bond acceptors (Lipinski definition) is 2. The first-order chi connectivity index (χ1) is 6.27. The van der Waals surface area contributed by atoms with E-state index in [2.05, 4.69) is 0 Å². The van der Waals surface area contributed by atoms with Gasteiger partial charge in [-0.1, -0.05) is 12.1 Å². The third-order valence-electron chi connectivity index (χ3n) is 1.96. The van der Waals surface area contributed by atoms with Gasteiger partial charge in [-0.25, -0.2) is 4.39 Å². The fourth-order valence-electron chi connectivity index (χ4n) is 1.27. The van der Waals surface area contributed by atoms with Crippen LogP contribution in [0.1, 0.15) is 11.1 Å². The van der Waals surface area contributed by atoms with Crippen molar-refractivity contribution < 1.29 is 4.39 Å². The van der Waals surface area contributed by atoms with Crippen molar-refractivity contribution >= 4 is 0 Å². The molecule has 1 aromatic carbocycles. The average molecular weight is 182 g/mol. The van der Waals surface area contributed by atoms with Gasteiger partial charge < -0.3 is 11.5 Å². The second-order valence-corrected chi connectivity index (χ2v) is 3.00. The molecule has 4 N–H and O–H groups in total. The van der Waals surface area contributed by atoms with Crippen LogP contribution in [0.4, 0.5) is 4.39 Å². The summed E-state index contributed by atoms with van der Waals surface area (Å²) in [5.74, 6) is -0.170. The molecular weight excluding hydrogens is 167 g/mol. The zero-order chi connectivity index (χ0) is 9.68. The van der Waals surface area contributed by atoms with E-state index in [1.54, 1.807) is 6.07 Å². The zero-order valence-corrected chi connectivity index (χ0v) is 7.59. The van der Waals surface area contributed by atoms with E-state index in [4.69, 9.17) is 11.5 Å². The highest BCUT2D eigenvalue weighted by Gasteiger charge is 2.01. The molecule has 0 amide bonds. The highest BCUT2D eigenvalue weighted by atomic mass is 19.1. The van der Waals surface area contributed by atoms with E-state index >= 15 is 0 Å². The predicted molar refractivity (Wildman–Crippen MR) is 51.9 cm³/mol. The van der Waals surface area contributed by atoms with Crippen molar-refractivity contribution in [2.75, 3.05) is 13.1 Å². The van der Waals surface area contributed by atoms with Crippen molar-refractivity contribution in [1.29, 1.82) is 0 Å². The lowest BCUT2D eigenvalue weighted by Gasteiger charge is -2.03. The van der Waals surface area contributed by atoms with Crippen LogP contribution >= 0.6 is 0 Å². The van der Waals surface area contributed by atoms with E-state index in [1.807, 2.05) is 6.07 Å². The maximum absolute atomic E-state index is 13.3. The Hall–Kier alpha value is -0.930. The molecule has 0 saturated carbocycles. The Morgan fingerprint density at radius 2 is 1.77 bits per heavy atom. The molecule has 0 fully saturated rings. The number of benzene rings is 1. The molecule has 2 nitrogen and oxygen atoms in total. The Balaban J connectivity index is 2.79. The molecule has 0 aliphatic heterocycles. The molecule has 0 aromatic heterocycles. The Morgan fingerprint density at radius 3 is 2.31 bits per heavy atom. The summed E-state index contributed by atoms with van der Waals surface area (Å²) in [5, 5.41) is 0. The van der Waals surface area contributed by atoms with Crippen LogP contribution in [0.5, 0.6) is 0 Å². The quantitative estimate of drug-likeness (QED) is 0.724. The van der Waals surface area contributed by atoms with E-state index in [0.29, 0.717) is 25.1 Å². The van der Waals surface area contributed by atoms with Crippen molar-refractivity contribution in [3.8, 4) is 0 Å². The van der Waals surface area contributed by atoms with Gasteiger partial charge in [0.1, 0.15) is 5.82 Å². The third-order valence-corrected chi connectivity index (χ3v) is 1.96. The second kappa shape index (κ2) is 4.94. The Morgan fingerprint density at radius 1 is 1.08 bits per heavy atom. The van der Waals surface area contributed by atoms with Crippen molar-refractivity contribution in [1.82, 2.24) is 0 Å². The predicted octanol–water partition coefficient (Wildman–Crippen LogP) is 0.828. The fourth-order valence-corrected chi connectivity index (χ4v) is 1.27. The van der Waals surface area contributed by atoms with E-state index in [9.17, 15) is 4.39 Å². The largest absolute Gasteiger partial charge is 0.330 e. The first kappa shape index (κ1) is 10.2. The minimum atomic E-state index is -0.170. The van der Waals surface area contributed by atoms with Crippen LogP contribution in [0.2, 0.25) is 0 Å². The SMILES string of the molecule is NCCc1ccc(CCN)c(F)c1. The molecule has 0 saturated heterocycles. The van der Waals surface area contributed by atoms with Crippen LogP contribution in [0.25, 0.3) is 0 Å². The summed E-state index contributed by atoms with van der Waals surface area (Å²) in [5.41, 5.74) is 12.3. The topological polar surface area (TPSA) is 52.0 Å². The molecular formula is C10H15FN2. The van der Waals surface area contributed by atoms with Gasteiger partial charge in [-0.3, -0.25) is 0 Å². The van der Waals surface area contributed by atoms with Gasteiger partial charge >= 0.3 is 0 Å². The van der Waals surface area contributed by atoms with E-state index in [0.717, 1.165) is 12.0 Å². The molecule has 1 rings (SSSR count). The second-order valence-electron chi connectivity index (χ2n) is 3.00. The van der Waals surface area contributed by atoms with Crippen LogP contribution in [0.15, 0.2) is 18.2 Å². The lowest BCUT2D eigenvalue weighted by molar-refractivity contribution is 0.607. The van der Waals surface area contributed by atoms with Crippen molar-refractivity contribution in [2.24, 2.45) is 11.5 Å². The van der Waals surface area contributed by atoms with Crippen LogP contribution in [-0.4, -0.2) is 13.1 Å². The molecule has 72 valence electrons. The highest BCUT2D eigenvalue weighted by Crippen LogP contribution is 2.10. The van der Waals surface area contributed by atoms with Gasteiger partial charge in [-0.05, 0) is 43.1 Å². The van der Waals surface area contributed by atoms with E-state index in [-0.39, 0.29) is 5.82 Å². The summed E-state index contributed by atoms with van der Waals surface area (Å²) >= 11 is 0. The van der Waals surface area contributed by atoms with Crippen molar-refractivity contribution in [2.45, 2.75) is 12.8 Å². The van der Waals surface area contributed by atoms with Crippen LogP contribution in [0, 0.1) is 5.82 Å². The minimum absolute atomic E-state index is 0.170. The molecule has 13 heavy (non-hydrogen) atoms. The monoisotopic (exact) mass is 182 g/mol. The zero-order valence-electron chi connectivity index (χ0n) is 7.59. The van der Waals surface area contributed by atoms with Crippen LogP contribution < -0.4 is 11.5 Å². The molecule has 3 heteroatoms. The number of halogens is 1. The first-order valence-electron chi connectivity index (χ1n) is 4.45. The molecule has 0 spiro atoms. The van der Waals surface area contributed by atoms with Gasteiger partial charge in [0.15, 0.2) is 0 Å². The van der Waals surface area contributed by atoms with Gasteiger partial charge in [-0.15, -0.1) is 0 Å². The minimum Gasteiger partial charge on any atom is -0.330 e. The lowest BCUT2D eigenvalue weighted by Crippen LogP contribution is -2.06. The smallest absolute Gasteiger partial charge is 0.126 e. The Labute approximate surface area is 77.7 Å². The standard InChI is InChI=1S/C10H15FN2/c11-10-7-8(3-5-12)1-2-9(10)4-6-13/h1-2,7H,3-6,12-13H2. The number of nitrogens with two attached hydrogens (primary N) is 2. The molecule has 0 unspecified atom stereocenters. The van der Waals surface area contributed by atoms with E-state index < -0.39 is 0 Å². The average Bonchev–Trinajstić information content (AvgIpc) is 2.10. The van der Waals surface area contributed by atoms with Crippen molar-refractivity contribution in [3.63, 3.8) is 0 Å². The number of hydrogen-bond donors (Lipinski definition) is 2. The van der Waals surface area contributed by atoms with Crippen LogP contribution in [-0.2, 0) is 12.8 Å². The summed E-state index contributed by atoms with van der Waals surface area (Å²) < 4.78 is 13.3. The molecule has 0 aliphatic carbocycles. The van der Waals surface area contributed by atoms with Gasteiger partial charge in [0.25, 0.3) is 0 Å². The summed E-state index contributed by atoms with van der Waals surface area (Å²) in [6.45, 7) is 1.03. The first-order valence-corrected chi connectivity index (χ1v) is 4.45. The molecule has 0 bridgehead atoms. The summed E-state index contributed by atoms with van der Waals surface area (Å²) in [6, 6.07) is 5.23. The Kier molecular flexibility index (Phi) is 3.86. The maximum atomic E-state index is 13.3. The molecule has 0 aliphatic rings. The maximum Gasteiger partial charge on any atom is 0.126 e. The van der Waals surface area contributed by atoms with Gasteiger partial charge in [0.2, 0.25) is 0 Å². The molecule has 0 heterocycles. The molecule has 0 atom stereocenters. The van der Waals surface area contributed by atoms with Gasteiger partial charge in [0, 0.05) is 0 Å². The highest BCUT2D eigenvalue weighted by molar-refractivity contribution is 5.24. The molecule has 1 aromatic rings. The van der Waals surface area contributed by atoms with Gasteiger partial charge in [-0.2, -0.15) is 0 Å². The normalized spacial score (nSPS) is 10.4. The third kappa shape index (κ3) is 2.79. The Bertz CT molecular complexity index is 274. The van der Waals surface area contributed by atoms with E-state index in [1.165, 1.54) is 6.07 Å². The van der Waals surface area contributed by atoms with Crippen LogP contribution in [0.3, 0.4) is 0 Å². The number of rotatable bonds is 4. The summed E-state index contributed by atoms with van der Waals surface area (Å²) in [6.07, 6.45) is 1.31.